The van der Waals surface area contributed by atoms with Crippen molar-refractivity contribution in [1.29, 1.82) is 0 Å². The minimum atomic E-state index is 0. The largest absolute Gasteiger partial charge is 0.355 e. The van der Waals surface area contributed by atoms with E-state index >= 15 is 0 Å². The van der Waals surface area contributed by atoms with Crippen molar-refractivity contribution in [3.63, 3.8) is 0 Å². The third-order valence-electron chi connectivity index (χ3n) is 4.94. The number of likely N-dealkylation sites (N-methyl/N-ethyl adjacent to an activating group) is 1. The summed E-state index contributed by atoms with van der Waals surface area (Å²) in [6, 6.07) is 6.64. The molecule has 1 aromatic heterocycles. The first-order valence-corrected chi connectivity index (χ1v) is 9.99. The molecule has 0 saturated carbocycles. The molecule has 2 N–H and O–H groups in total. The fourth-order valence-electron chi connectivity index (χ4n) is 3.25. The van der Waals surface area contributed by atoms with Crippen LogP contribution in [0.15, 0.2) is 29.4 Å². The Morgan fingerprint density at radius 1 is 1.30 bits per heavy atom. The number of rotatable bonds is 9. The van der Waals surface area contributed by atoms with Gasteiger partial charge in [-0.2, -0.15) is 0 Å². The standard InChI is InChI=1S/C20H36N6.HI/c1-4-5-13-25(3)16-12-23-20(21-2)24-18-9-14-26(15-10-18)17-19-8-6-7-11-22-19;/h6-8,11,18H,4-5,9-10,12-17H2,1-3H3,(H2,21,23,24);1H. The van der Waals surface area contributed by atoms with Crippen LogP contribution in [0.2, 0.25) is 0 Å². The molecule has 7 heteroatoms. The molecule has 1 saturated heterocycles. The minimum absolute atomic E-state index is 0. The Labute approximate surface area is 182 Å². The van der Waals surface area contributed by atoms with Gasteiger partial charge in [0.2, 0.25) is 0 Å². The number of halogens is 1. The number of unbranched alkanes of at least 4 members (excludes halogenated alkanes) is 1. The van der Waals surface area contributed by atoms with Gasteiger partial charge in [0.15, 0.2) is 5.96 Å². The molecule has 2 rings (SSSR count). The normalized spacial score (nSPS) is 16.2. The van der Waals surface area contributed by atoms with Crippen molar-refractivity contribution >= 4 is 29.9 Å². The molecule has 1 aliphatic rings. The summed E-state index contributed by atoms with van der Waals surface area (Å²) >= 11 is 0. The molecule has 0 spiro atoms. The molecule has 0 unspecified atom stereocenters. The highest BCUT2D eigenvalue weighted by Gasteiger charge is 2.20. The summed E-state index contributed by atoms with van der Waals surface area (Å²) in [5, 5.41) is 7.03. The number of hydrogen-bond donors (Lipinski definition) is 2. The first-order valence-electron chi connectivity index (χ1n) is 9.99. The molecular formula is C20H37IN6. The van der Waals surface area contributed by atoms with Gasteiger partial charge in [-0.3, -0.25) is 14.9 Å². The van der Waals surface area contributed by atoms with Crippen molar-refractivity contribution in [2.45, 2.75) is 45.2 Å². The second kappa shape index (κ2) is 14.1. The van der Waals surface area contributed by atoms with Crippen LogP contribution in [0.4, 0.5) is 0 Å². The van der Waals surface area contributed by atoms with E-state index in [-0.39, 0.29) is 24.0 Å². The van der Waals surface area contributed by atoms with Crippen LogP contribution in [0.5, 0.6) is 0 Å². The predicted octanol–water partition coefficient (Wildman–Crippen LogP) is 2.56. The number of aliphatic imine (C=N–C) groups is 1. The van der Waals surface area contributed by atoms with E-state index in [9.17, 15) is 0 Å². The highest BCUT2D eigenvalue weighted by atomic mass is 127. The molecule has 1 fully saturated rings. The summed E-state index contributed by atoms with van der Waals surface area (Å²) in [5.74, 6) is 0.928. The molecule has 2 heterocycles. The molecule has 0 radical (unpaired) electrons. The third kappa shape index (κ3) is 9.71. The Morgan fingerprint density at radius 2 is 2.07 bits per heavy atom. The molecule has 154 valence electrons. The Kier molecular flexibility index (Phi) is 12.6. The Morgan fingerprint density at radius 3 is 2.70 bits per heavy atom. The number of piperidine rings is 1. The van der Waals surface area contributed by atoms with Crippen molar-refractivity contribution in [1.82, 2.24) is 25.4 Å². The van der Waals surface area contributed by atoms with Crippen LogP contribution in [0, 0.1) is 0 Å². The van der Waals surface area contributed by atoms with E-state index in [1.54, 1.807) is 0 Å². The number of pyridine rings is 1. The molecule has 0 aromatic carbocycles. The van der Waals surface area contributed by atoms with Crippen molar-refractivity contribution < 1.29 is 0 Å². The van der Waals surface area contributed by atoms with Gasteiger partial charge in [0, 0.05) is 52.0 Å². The average Bonchev–Trinajstić information content (AvgIpc) is 2.67. The Balaban J connectivity index is 0.00000364. The van der Waals surface area contributed by atoms with Gasteiger partial charge >= 0.3 is 0 Å². The van der Waals surface area contributed by atoms with Crippen molar-refractivity contribution in [2.75, 3.05) is 46.8 Å². The van der Waals surface area contributed by atoms with E-state index in [4.69, 9.17) is 0 Å². The summed E-state index contributed by atoms with van der Waals surface area (Å²) in [6.45, 7) is 8.53. The first kappa shape index (κ1) is 24.1. The zero-order valence-electron chi connectivity index (χ0n) is 17.2. The van der Waals surface area contributed by atoms with Gasteiger partial charge in [0.05, 0.1) is 5.69 Å². The summed E-state index contributed by atoms with van der Waals surface area (Å²) in [7, 11) is 4.04. The topological polar surface area (TPSA) is 55.8 Å². The lowest BCUT2D eigenvalue weighted by Crippen LogP contribution is -2.49. The fourth-order valence-corrected chi connectivity index (χ4v) is 3.25. The van der Waals surface area contributed by atoms with E-state index in [0.717, 1.165) is 57.2 Å². The molecule has 27 heavy (non-hydrogen) atoms. The van der Waals surface area contributed by atoms with Gasteiger partial charge in [-0.15, -0.1) is 24.0 Å². The summed E-state index contributed by atoms with van der Waals surface area (Å²) in [6.07, 6.45) is 6.67. The maximum Gasteiger partial charge on any atom is 0.191 e. The summed E-state index contributed by atoms with van der Waals surface area (Å²) in [5.41, 5.74) is 1.16. The second-order valence-corrected chi connectivity index (χ2v) is 7.17. The van der Waals surface area contributed by atoms with E-state index in [0.29, 0.717) is 6.04 Å². The van der Waals surface area contributed by atoms with Crippen LogP contribution in [0.25, 0.3) is 0 Å². The van der Waals surface area contributed by atoms with Crippen LogP contribution < -0.4 is 10.6 Å². The number of guanidine groups is 1. The van der Waals surface area contributed by atoms with Gasteiger partial charge in [-0.25, -0.2) is 0 Å². The number of nitrogens with one attached hydrogen (secondary N) is 2. The van der Waals surface area contributed by atoms with Crippen LogP contribution in [0.3, 0.4) is 0 Å². The SMILES string of the molecule is CCCCN(C)CCNC(=NC)NC1CCN(Cc2ccccn2)CC1.I. The van der Waals surface area contributed by atoms with Crippen LogP contribution in [-0.2, 0) is 6.54 Å². The predicted molar refractivity (Wildman–Crippen MR) is 125 cm³/mol. The van der Waals surface area contributed by atoms with Gasteiger partial charge in [-0.05, 0) is 45.0 Å². The Bertz CT molecular complexity index is 516. The van der Waals surface area contributed by atoms with Gasteiger partial charge in [0.1, 0.15) is 0 Å². The molecule has 0 bridgehead atoms. The lowest BCUT2D eigenvalue weighted by molar-refractivity contribution is 0.196. The van der Waals surface area contributed by atoms with Crippen LogP contribution in [-0.4, -0.2) is 73.6 Å². The monoisotopic (exact) mass is 488 g/mol. The molecule has 0 amide bonds. The molecule has 1 aliphatic heterocycles. The quantitative estimate of drug-likeness (QED) is 0.318. The second-order valence-electron chi connectivity index (χ2n) is 7.17. The van der Waals surface area contributed by atoms with E-state index in [1.807, 2.05) is 19.3 Å². The number of hydrogen-bond acceptors (Lipinski definition) is 4. The number of aromatic nitrogens is 1. The molecule has 0 aliphatic carbocycles. The third-order valence-corrected chi connectivity index (χ3v) is 4.94. The maximum absolute atomic E-state index is 4.43. The highest BCUT2D eigenvalue weighted by Crippen LogP contribution is 2.12. The van der Waals surface area contributed by atoms with E-state index < -0.39 is 0 Å². The summed E-state index contributed by atoms with van der Waals surface area (Å²) < 4.78 is 0. The average molecular weight is 488 g/mol. The molecule has 6 nitrogen and oxygen atoms in total. The summed E-state index contributed by atoms with van der Waals surface area (Å²) in [4.78, 5) is 13.7. The number of likely N-dealkylation sites (tertiary alicyclic amines) is 1. The van der Waals surface area contributed by atoms with Crippen molar-refractivity contribution in [2.24, 2.45) is 4.99 Å². The molecule has 1 aromatic rings. The van der Waals surface area contributed by atoms with Crippen LogP contribution in [0.1, 0.15) is 38.3 Å². The smallest absolute Gasteiger partial charge is 0.191 e. The zero-order valence-corrected chi connectivity index (χ0v) is 19.5. The minimum Gasteiger partial charge on any atom is -0.355 e. The lowest BCUT2D eigenvalue weighted by atomic mass is 10.0. The molecule has 0 atom stereocenters. The van der Waals surface area contributed by atoms with Gasteiger partial charge < -0.3 is 15.5 Å². The van der Waals surface area contributed by atoms with E-state index in [2.05, 4.69) is 56.5 Å². The van der Waals surface area contributed by atoms with Crippen LogP contribution >= 0.6 is 24.0 Å². The fraction of sp³-hybridized carbons (Fsp3) is 0.700. The molecular weight excluding hydrogens is 451 g/mol. The van der Waals surface area contributed by atoms with Crippen molar-refractivity contribution in [3.05, 3.63) is 30.1 Å². The lowest BCUT2D eigenvalue weighted by Gasteiger charge is -2.33. The Hall–Kier alpha value is -0.930. The van der Waals surface area contributed by atoms with E-state index in [1.165, 1.54) is 19.4 Å². The van der Waals surface area contributed by atoms with Gasteiger partial charge in [-0.1, -0.05) is 19.4 Å². The zero-order chi connectivity index (χ0) is 18.6. The first-order chi connectivity index (χ1) is 12.7. The van der Waals surface area contributed by atoms with Gasteiger partial charge in [0.25, 0.3) is 0 Å². The maximum atomic E-state index is 4.43. The highest BCUT2D eigenvalue weighted by molar-refractivity contribution is 14.0. The number of nitrogens with zero attached hydrogens (tertiary/aromatic N) is 4. The van der Waals surface area contributed by atoms with Crippen molar-refractivity contribution in [3.8, 4) is 0 Å².